The first-order valence-corrected chi connectivity index (χ1v) is 7.19. The summed E-state index contributed by atoms with van der Waals surface area (Å²) in [7, 11) is 0. The molecular formula is C17H23NO. The Balaban J connectivity index is 1.95. The summed E-state index contributed by atoms with van der Waals surface area (Å²) < 4.78 is 0. The van der Waals surface area contributed by atoms with E-state index in [0.717, 1.165) is 25.2 Å². The molecule has 0 radical (unpaired) electrons. The van der Waals surface area contributed by atoms with Crippen LogP contribution < -0.4 is 0 Å². The minimum absolute atomic E-state index is 0.767. The van der Waals surface area contributed by atoms with Gasteiger partial charge >= 0.3 is 0 Å². The van der Waals surface area contributed by atoms with Crippen molar-refractivity contribution in [3.63, 3.8) is 0 Å². The Bertz CT molecular complexity index is 433. The maximum Gasteiger partial charge on any atom is 0.148 e. The van der Waals surface area contributed by atoms with E-state index in [1.165, 1.54) is 25.7 Å². The molecule has 1 atom stereocenters. The van der Waals surface area contributed by atoms with Gasteiger partial charge in [-0.3, -0.25) is 4.90 Å². The third-order valence-electron chi connectivity index (χ3n) is 3.67. The molecule has 102 valence electrons. The van der Waals surface area contributed by atoms with E-state index in [1.807, 2.05) is 30.3 Å². The highest BCUT2D eigenvalue weighted by atomic mass is 16.3. The van der Waals surface area contributed by atoms with Crippen LogP contribution in [0.1, 0.15) is 38.2 Å². The zero-order valence-electron chi connectivity index (χ0n) is 11.7. The van der Waals surface area contributed by atoms with Gasteiger partial charge in [0.15, 0.2) is 0 Å². The van der Waals surface area contributed by atoms with Gasteiger partial charge in [-0.25, -0.2) is 0 Å². The lowest BCUT2D eigenvalue weighted by atomic mass is 9.97. The first kappa shape index (κ1) is 14.1. The molecule has 2 nitrogen and oxygen atoms in total. The number of hydrogen-bond acceptors (Lipinski definition) is 2. The van der Waals surface area contributed by atoms with E-state index in [-0.39, 0.29) is 0 Å². The number of likely N-dealkylation sites (tertiary alicyclic amines) is 1. The third kappa shape index (κ3) is 4.38. The van der Waals surface area contributed by atoms with Crippen LogP contribution in [-0.2, 0) is 5.60 Å². The molecule has 1 aliphatic rings. The molecule has 1 fully saturated rings. The maximum absolute atomic E-state index is 10.4. The molecule has 0 bridgehead atoms. The van der Waals surface area contributed by atoms with Crippen molar-refractivity contribution in [3.8, 4) is 11.8 Å². The zero-order valence-corrected chi connectivity index (χ0v) is 11.7. The molecule has 0 saturated carbocycles. The molecule has 1 aromatic carbocycles. The maximum atomic E-state index is 10.4. The van der Waals surface area contributed by atoms with E-state index in [2.05, 4.69) is 16.7 Å². The van der Waals surface area contributed by atoms with Gasteiger partial charge < -0.3 is 5.11 Å². The van der Waals surface area contributed by atoms with Crippen molar-refractivity contribution in [1.82, 2.24) is 4.90 Å². The topological polar surface area (TPSA) is 23.5 Å². The summed E-state index contributed by atoms with van der Waals surface area (Å²) >= 11 is 0. The van der Waals surface area contributed by atoms with Crippen LogP contribution in [0.3, 0.4) is 0 Å². The Hall–Kier alpha value is -1.30. The van der Waals surface area contributed by atoms with Crippen LogP contribution in [0.2, 0.25) is 0 Å². The normalized spacial score (nSPS) is 19.9. The van der Waals surface area contributed by atoms with Crippen LogP contribution >= 0.6 is 0 Å². The molecule has 1 N–H and O–H groups in total. The predicted octanol–water partition coefficient (Wildman–Crippen LogP) is 2.77. The van der Waals surface area contributed by atoms with Gasteiger partial charge in [-0.1, -0.05) is 55.0 Å². The van der Waals surface area contributed by atoms with E-state index in [0.29, 0.717) is 0 Å². The number of hydrogen-bond donors (Lipinski definition) is 1. The van der Waals surface area contributed by atoms with E-state index in [1.54, 1.807) is 6.92 Å². The average molecular weight is 257 g/mol. The molecule has 0 aromatic heterocycles. The van der Waals surface area contributed by atoms with Crippen molar-refractivity contribution in [2.75, 3.05) is 19.6 Å². The van der Waals surface area contributed by atoms with Crippen molar-refractivity contribution in [2.45, 2.75) is 38.2 Å². The van der Waals surface area contributed by atoms with Crippen molar-refractivity contribution in [1.29, 1.82) is 0 Å². The Morgan fingerprint density at radius 1 is 1.11 bits per heavy atom. The zero-order chi connectivity index (χ0) is 13.6. The fourth-order valence-corrected chi connectivity index (χ4v) is 2.45. The van der Waals surface area contributed by atoms with Crippen LogP contribution in [0, 0.1) is 11.8 Å². The molecule has 0 unspecified atom stereocenters. The Labute approximate surface area is 116 Å². The molecular weight excluding hydrogens is 234 g/mol. The quantitative estimate of drug-likeness (QED) is 0.824. The fraction of sp³-hybridized carbons (Fsp3) is 0.529. The van der Waals surface area contributed by atoms with Gasteiger partial charge in [-0.2, -0.15) is 0 Å². The van der Waals surface area contributed by atoms with E-state index < -0.39 is 5.60 Å². The van der Waals surface area contributed by atoms with Crippen LogP contribution in [0.15, 0.2) is 30.3 Å². The fourth-order valence-electron chi connectivity index (χ4n) is 2.45. The highest BCUT2D eigenvalue weighted by molar-refractivity contribution is 5.30. The molecule has 1 heterocycles. The molecule has 0 amide bonds. The molecule has 19 heavy (non-hydrogen) atoms. The van der Waals surface area contributed by atoms with Crippen molar-refractivity contribution >= 4 is 0 Å². The molecule has 2 heteroatoms. The second-order valence-corrected chi connectivity index (χ2v) is 5.43. The van der Waals surface area contributed by atoms with Crippen molar-refractivity contribution in [3.05, 3.63) is 35.9 Å². The lowest BCUT2D eigenvalue weighted by Crippen LogP contribution is -2.25. The summed E-state index contributed by atoms with van der Waals surface area (Å²) in [6.07, 6.45) is 5.23. The van der Waals surface area contributed by atoms with Crippen LogP contribution in [0.4, 0.5) is 0 Å². The lowest BCUT2D eigenvalue weighted by Gasteiger charge is -2.18. The van der Waals surface area contributed by atoms with Crippen LogP contribution in [-0.4, -0.2) is 29.6 Å². The summed E-state index contributed by atoms with van der Waals surface area (Å²) in [6, 6.07) is 9.64. The van der Waals surface area contributed by atoms with Crippen LogP contribution in [0.5, 0.6) is 0 Å². The van der Waals surface area contributed by atoms with Gasteiger partial charge in [-0.05, 0) is 38.4 Å². The van der Waals surface area contributed by atoms with E-state index >= 15 is 0 Å². The van der Waals surface area contributed by atoms with Gasteiger partial charge in [0.05, 0.1) is 6.54 Å². The average Bonchev–Trinajstić information content (AvgIpc) is 2.68. The van der Waals surface area contributed by atoms with Crippen molar-refractivity contribution in [2.24, 2.45) is 0 Å². The minimum atomic E-state index is -1.05. The molecule has 1 saturated heterocycles. The van der Waals surface area contributed by atoms with Gasteiger partial charge in [0.1, 0.15) is 5.60 Å². The highest BCUT2D eigenvalue weighted by Crippen LogP contribution is 2.18. The molecule has 2 rings (SSSR count). The first-order valence-electron chi connectivity index (χ1n) is 7.19. The number of nitrogens with zero attached hydrogens (tertiary/aromatic N) is 1. The molecule has 0 spiro atoms. The summed E-state index contributed by atoms with van der Waals surface area (Å²) in [4.78, 5) is 2.39. The summed E-state index contributed by atoms with van der Waals surface area (Å²) in [5.74, 6) is 6.15. The largest absolute Gasteiger partial charge is 0.374 e. The number of rotatable bonds is 2. The molecule has 1 aliphatic heterocycles. The standard InChI is InChI=1S/C17H23NO/c1-17(19,16-10-5-4-6-11-16)12-9-15-18-13-7-2-3-8-14-18/h4-6,10-11,19H,2-3,7-8,13-15H2,1H3/t17-/m0/s1. The van der Waals surface area contributed by atoms with E-state index in [9.17, 15) is 5.11 Å². The summed E-state index contributed by atoms with van der Waals surface area (Å²) in [5, 5.41) is 10.4. The Kier molecular flexibility index (Phi) is 5.01. The smallest absolute Gasteiger partial charge is 0.148 e. The monoisotopic (exact) mass is 257 g/mol. The SMILES string of the molecule is C[C@](O)(C#CCN1CCCCCC1)c1ccccc1. The highest BCUT2D eigenvalue weighted by Gasteiger charge is 2.19. The lowest BCUT2D eigenvalue weighted by molar-refractivity contribution is 0.122. The second-order valence-electron chi connectivity index (χ2n) is 5.43. The Morgan fingerprint density at radius 2 is 1.74 bits per heavy atom. The van der Waals surface area contributed by atoms with E-state index in [4.69, 9.17) is 0 Å². The molecule has 1 aromatic rings. The first-order chi connectivity index (χ1) is 9.18. The van der Waals surface area contributed by atoms with Gasteiger partial charge in [-0.15, -0.1) is 0 Å². The van der Waals surface area contributed by atoms with Gasteiger partial charge in [0.25, 0.3) is 0 Å². The number of aliphatic hydroxyl groups is 1. The van der Waals surface area contributed by atoms with Crippen molar-refractivity contribution < 1.29 is 5.11 Å². The summed E-state index contributed by atoms with van der Waals surface area (Å²) in [5.41, 5.74) is -0.189. The Morgan fingerprint density at radius 3 is 2.37 bits per heavy atom. The van der Waals surface area contributed by atoms with Crippen LogP contribution in [0.25, 0.3) is 0 Å². The van der Waals surface area contributed by atoms with Gasteiger partial charge in [0.2, 0.25) is 0 Å². The predicted molar refractivity (Wildman–Crippen MR) is 78.7 cm³/mol. The minimum Gasteiger partial charge on any atom is -0.374 e. The molecule has 0 aliphatic carbocycles. The second kappa shape index (κ2) is 6.75. The number of benzene rings is 1. The summed E-state index contributed by atoms with van der Waals surface area (Å²) in [6.45, 7) is 4.81. The van der Waals surface area contributed by atoms with Gasteiger partial charge in [0, 0.05) is 0 Å². The third-order valence-corrected chi connectivity index (χ3v) is 3.67.